The van der Waals surface area contributed by atoms with Gasteiger partial charge in [0.05, 0.1) is 5.69 Å². The molecule has 2 amide bonds. The summed E-state index contributed by atoms with van der Waals surface area (Å²) in [5.41, 5.74) is 0.745. The standard InChI is InChI=1S/C15H18BrClN2O2/c1-3-9(2)14-15(21)19(7-6-13(20)18-14)12-5-4-10(17)8-11(12)16/h4-5,8-9,14H,3,6-7H2,1-2H3,(H,18,20). The van der Waals surface area contributed by atoms with Crippen molar-refractivity contribution in [2.75, 3.05) is 11.4 Å². The van der Waals surface area contributed by atoms with Gasteiger partial charge in [-0.1, -0.05) is 31.9 Å². The maximum atomic E-state index is 12.8. The second kappa shape index (κ2) is 6.79. The summed E-state index contributed by atoms with van der Waals surface area (Å²) in [6.07, 6.45) is 1.13. The van der Waals surface area contributed by atoms with Crippen LogP contribution in [0.3, 0.4) is 0 Å². The van der Waals surface area contributed by atoms with E-state index in [1.54, 1.807) is 23.1 Å². The van der Waals surface area contributed by atoms with E-state index in [1.165, 1.54) is 0 Å². The summed E-state index contributed by atoms with van der Waals surface area (Å²) in [4.78, 5) is 26.3. The molecule has 0 saturated carbocycles. The maximum Gasteiger partial charge on any atom is 0.249 e. The van der Waals surface area contributed by atoms with E-state index in [1.807, 2.05) is 13.8 Å². The number of nitrogens with zero attached hydrogens (tertiary/aromatic N) is 1. The van der Waals surface area contributed by atoms with Crippen molar-refractivity contribution in [1.29, 1.82) is 0 Å². The van der Waals surface area contributed by atoms with Crippen molar-refractivity contribution < 1.29 is 9.59 Å². The minimum absolute atomic E-state index is 0.0711. The van der Waals surface area contributed by atoms with Crippen molar-refractivity contribution in [3.05, 3.63) is 27.7 Å². The number of anilines is 1. The van der Waals surface area contributed by atoms with E-state index in [2.05, 4.69) is 21.2 Å². The summed E-state index contributed by atoms with van der Waals surface area (Å²) in [5.74, 6) is -0.0624. The molecule has 6 heteroatoms. The van der Waals surface area contributed by atoms with Gasteiger partial charge in [0.15, 0.2) is 0 Å². The number of hydrogen-bond acceptors (Lipinski definition) is 2. The Bertz CT molecular complexity index is 565. The van der Waals surface area contributed by atoms with E-state index >= 15 is 0 Å². The van der Waals surface area contributed by atoms with Gasteiger partial charge in [0.1, 0.15) is 6.04 Å². The van der Waals surface area contributed by atoms with Crippen molar-refractivity contribution in [1.82, 2.24) is 5.32 Å². The van der Waals surface area contributed by atoms with Crippen LogP contribution in [0.5, 0.6) is 0 Å². The second-order valence-electron chi connectivity index (χ2n) is 5.27. The van der Waals surface area contributed by atoms with Crippen LogP contribution in [-0.2, 0) is 9.59 Å². The highest BCUT2D eigenvalue weighted by Gasteiger charge is 2.34. The normalized spacial score (nSPS) is 21.0. The van der Waals surface area contributed by atoms with Crippen LogP contribution in [0, 0.1) is 5.92 Å². The first-order valence-electron chi connectivity index (χ1n) is 6.99. The highest BCUT2D eigenvalue weighted by molar-refractivity contribution is 9.10. The van der Waals surface area contributed by atoms with Gasteiger partial charge in [-0.15, -0.1) is 0 Å². The van der Waals surface area contributed by atoms with Crippen LogP contribution in [0.15, 0.2) is 22.7 Å². The molecule has 0 radical (unpaired) electrons. The van der Waals surface area contributed by atoms with E-state index in [-0.39, 0.29) is 17.7 Å². The summed E-state index contributed by atoms with van der Waals surface area (Å²) in [5, 5.41) is 3.44. The lowest BCUT2D eigenvalue weighted by Crippen LogP contribution is -2.48. The molecule has 0 aliphatic carbocycles. The number of nitrogens with one attached hydrogen (secondary N) is 1. The second-order valence-corrected chi connectivity index (χ2v) is 6.56. The Hall–Kier alpha value is -1.07. The average molecular weight is 374 g/mol. The van der Waals surface area contributed by atoms with E-state index in [4.69, 9.17) is 11.6 Å². The van der Waals surface area contributed by atoms with Gasteiger partial charge in [0.25, 0.3) is 0 Å². The van der Waals surface area contributed by atoms with Crippen molar-refractivity contribution in [3.8, 4) is 0 Å². The molecule has 4 nitrogen and oxygen atoms in total. The first-order chi connectivity index (χ1) is 9.93. The fourth-order valence-corrected chi connectivity index (χ4v) is 3.26. The molecule has 1 aliphatic heterocycles. The summed E-state index contributed by atoms with van der Waals surface area (Å²) in [6, 6.07) is 4.82. The molecule has 1 heterocycles. The van der Waals surface area contributed by atoms with Crippen LogP contribution < -0.4 is 10.2 Å². The number of halogens is 2. The minimum Gasteiger partial charge on any atom is -0.344 e. The molecule has 2 rings (SSSR count). The minimum atomic E-state index is -0.479. The Labute approximate surface area is 138 Å². The van der Waals surface area contributed by atoms with Crippen molar-refractivity contribution in [3.63, 3.8) is 0 Å². The molecule has 21 heavy (non-hydrogen) atoms. The van der Waals surface area contributed by atoms with Crippen LogP contribution in [0.25, 0.3) is 0 Å². The third kappa shape index (κ3) is 3.58. The third-order valence-electron chi connectivity index (χ3n) is 3.82. The third-order valence-corrected chi connectivity index (χ3v) is 4.69. The van der Waals surface area contributed by atoms with E-state index < -0.39 is 6.04 Å². The molecule has 2 unspecified atom stereocenters. The molecule has 1 aliphatic rings. The lowest BCUT2D eigenvalue weighted by atomic mass is 9.98. The molecular formula is C15H18BrClN2O2. The van der Waals surface area contributed by atoms with Gasteiger partial charge in [-0.25, -0.2) is 0 Å². The van der Waals surface area contributed by atoms with Gasteiger partial charge in [-0.3, -0.25) is 9.59 Å². The number of rotatable bonds is 3. The Morgan fingerprint density at radius 1 is 1.48 bits per heavy atom. The monoisotopic (exact) mass is 372 g/mol. The number of hydrogen-bond donors (Lipinski definition) is 1. The van der Waals surface area contributed by atoms with Crippen molar-refractivity contribution >= 4 is 45.0 Å². The Morgan fingerprint density at radius 3 is 2.81 bits per heavy atom. The zero-order valence-electron chi connectivity index (χ0n) is 12.0. The van der Waals surface area contributed by atoms with Crippen LogP contribution >= 0.6 is 27.5 Å². The van der Waals surface area contributed by atoms with Crippen LogP contribution in [-0.4, -0.2) is 24.4 Å². The topological polar surface area (TPSA) is 49.4 Å². The fraction of sp³-hybridized carbons (Fsp3) is 0.467. The first-order valence-corrected chi connectivity index (χ1v) is 8.17. The lowest BCUT2D eigenvalue weighted by Gasteiger charge is -2.28. The van der Waals surface area contributed by atoms with E-state index in [0.717, 1.165) is 16.6 Å². The summed E-state index contributed by atoms with van der Waals surface area (Å²) >= 11 is 9.39. The smallest absolute Gasteiger partial charge is 0.249 e. The van der Waals surface area contributed by atoms with Gasteiger partial charge in [0.2, 0.25) is 11.8 Å². The van der Waals surface area contributed by atoms with Gasteiger partial charge >= 0.3 is 0 Å². The fourth-order valence-electron chi connectivity index (χ4n) is 2.36. The molecule has 0 bridgehead atoms. The molecule has 1 saturated heterocycles. The highest BCUT2D eigenvalue weighted by atomic mass is 79.9. The van der Waals surface area contributed by atoms with Gasteiger partial charge in [-0.2, -0.15) is 0 Å². The predicted molar refractivity (Wildman–Crippen MR) is 87.5 cm³/mol. The lowest BCUT2D eigenvalue weighted by molar-refractivity contribution is -0.126. The Morgan fingerprint density at radius 2 is 2.19 bits per heavy atom. The summed E-state index contributed by atoms with van der Waals surface area (Å²) in [7, 11) is 0. The number of carbonyl (C=O) groups is 2. The van der Waals surface area contributed by atoms with E-state index in [0.29, 0.717) is 18.0 Å². The highest BCUT2D eigenvalue weighted by Crippen LogP contribution is 2.31. The first kappa shape index (κ1) is 16.3. The molecule has 0 spiro atoms. The van der Waals surface area contributed by atoms with Crippen molar-refractivity contribution in [2.45, 2.75) is 32.7 Å². The largest absolute Gasteiger partial charge is 0.344 e. The quantitative estimate of drug-likeness (QED) is 0.883. The average Bonchev–Trinajstić information content (AvgIpc) is 2.59. The van der Waals surface area contributed by atoms with Gasteiger partial charge in [-0.05, 0) is 40.0 Å². The maximum absolute atomic E-state index is 12.8. The summed E-state index contributed by atoms with van der Waals surface area (Å²) < 4.78 is 0.751. The Balaban J connectivity index is 2.37. The molecular weight excluding hydrogens is 356 g/mol. The molecule has 1 fully saturated rings. The van der Waals surface area contributed by atoms with Crippen LogP contribution in [0.4, 0.5) is 5.69 Å². The van der Waals surface area contributed by atoms with Crippen molar-refractivity contribution in [2.24, 2.45) is 5.92 Å². The molecule has 1 N–H and O–H groups in total. The molecule has 1 aromatic rings. The molecule has 1 aromatic carbocycles. The number of benzene rings is 1. The SMILES string of the molecule is CCC(C)C1NC(=O)CCN(c2ccc(Cl)cc2Br)C1=O. The van der Waals surface area contributed by atoms with Crippen LogP contribution in [0.1, 0.15) is 26.7 Å². The van der Waals surface area contributed by atoms with E-state index in [9.17, 15) is 9.59 Å². The summed E-state index contributed by atoms with van der Waals surface area (Å²) in [6.45, 7) is 4.36. The van der Waals surface area contributed by atoms with Gasteiger partial charge < -0.3 is 10.2 Å². The molecule has 114 valence electrons. The predicted octanol–water partition coefficient (Wildman–Crippen LogP) is 3.37. The zero-order valence-corrected chi connectivity index (χ0v) is 14.4. The zero-order chi connectivity index (χ0) is 15.6. The Kier molecular flexibility index (Phi) is 5.27. The number of amides is 2. The van der Waals surface area contributed by atoms with Crippen LogP contribution in [0.2, 0.25) is 5.02 Å². The number of carbonyl (C=O) groups excluding carboxylic acids is 2. The molecule has 2 atom stereocenters. The van der Waals surface area contributed by atoms with Gasteiger partial charge in [0, 0.05) is 22.5 Å². The molecule has 0 aromatic heterocycles.